The van der Waals surface area contributed by atoms with Gasteiger partial charge in [0.1, 0.15) is 0 Å². The van der Waals surface area contributed by atoms with E-state index in [1.54, 1.807) is 4.90 Å². The minimum atomic E-state index is -0.442. The topological polar surface area (TPSA) is 66.6 Å². The zero-order valence-corrected chi connectivity index (χ0v) is 9.16. The molecule has 1 aliphatic heterocycles. The number of carbonyl (C=O) groups is 1. The Labute approximate surface area is 85.1 Å². The van der Waals surface area contributed by atoms with E-state index in [2.05, 4.69) is 0 Å². The molecule has 0 aromatic rings. The van der Waals surface area contributed by atoms with Crippen molar-refractivity contribution in [1.82, 2.24) is 4.90 Å². The molecule has 1 aliphatic rings. The van der Waals surface area contributed by atoms with Crippen LogP contribution in [0.2, 0.25) is 0 Å². The number of nitrogens with two attached hydrogens (primary N) is 1. The summed E-state index contributed by atoms with van der Waals surface area (Å²) in [5, 5.41) is 8.81. The molecule has 0 bridgehead atoms. The second kappa shape index (κ2) is 3.87. The Morgan fingerprint density at radius 3 is 2.43 bits per heavy atom. The summed E-state index contributed by atoms with van der Waals surface area (Å²) in [6, 6.07) is -0.442. The van der Waals surface area contributed by atoms with Gasteiger partial charge in [0.25, 0.3) is 0 Å². The number of hydrogen-bond donors (Lipinski definition) is 2. The maximum Gasteiger partial charge on any atom is 0.240 e. The maximum absolute atomic E-state index is 11.8. The van der Waals surface area contributed by atoms with Crippen LogP contribution in [0, 0.1) is 11.3 Å². The van der Waals surface area contributed by atoms with Gasteiger partial charge in [-0.2, -0.15) is 0 Å². The molecule has 1 atom stereocenters. The quantitative estimate of drug-likeness (QED) is 0.649. The molecule has 1 amide bonds. The number of rotatable bonds is 2. The van der Waals surface area contributed by atoms with Crippen LogP contribution in [0.5, 0.6) is 0 Å². The number of carbonyl (C=O) groups excluding carboxylic acids is 1. The molecule has 1 saturated heterocycles. The monoisotopic (exact) mass is 200 g/mol. The molecule has 0 aliphatic carbocycles. The van der Waals surface area contributed by atoms with Crippen molar-refractivity contribution in [1.29, 1.82) is 0 Å². The van der Waals surface area contributed by atoms with E-state index in [9.17, 15) is 4.79 Å². The molecule has 1 heterocycles. The van der Waals surface area contributed by atoms with Gasteiger partial charge in [-0.15, -0.1) is 0 Å². The summed E-state index contributed by atoms with van der Waals surface area (Å²) in [5.41, 5.74) is 5.64. The Morgan fingerprint density at radius 1 is 1.57 bits per heavy atom. The van der Waals surface area contributed by atoms with Gasteiger partial charge in [0.2, 0.25) is 5.91 Å². The Morgan fingerprint density at radius 2 is 2.07 bits per heavy atom. The molecule has 0 aromatic carbocycles. The van der Waals surface area contributed by atoms with E-state index in [0.29, 0.717) is 13.1 Å². The molecule has 0 radical (unpaired) electrons. The van der Waals surface area contributed by atoms with Gasteiger partial charge in [0.15, 0.2) is 0 Å². The van der Waals surface area contributed by atoms with Crippen molar-refractivity contribution in [3.8, 4) is 0 Å². The fourth-order valence-corrected chi connectivity index (χ4v) is 1.43. The second-order valence-electron chi connectivity index (χ2n) is 5.14. The molecule has 4 nitrogen and oxygen atoms in total. The standard InChI is InChI=1S/C10H20N2O2/c1-10(2,3)8(11)9(14)12-4-7(5-12)6-13/h7-8,13H,4-6,11H2,1-3H3/t8-/m1/s1. The summed E-state index contributed by atoms with van der Waals surface area (Å²) >= 11 is 0. The average Bonchev–Trinajstić information content (AvgIpc) is 1.99. The zero-order valence-electron chi connectivity index (χ0n) is 9.16. The minimum Gasteiger partial charge on any atom is -0.396 e. The van der Waals surface area contributed by atoms with E-state index >= 15 is 0 Å². The zero-order chi connectivity index (χ0) is 10.9. The number of likely N-dealkylation sites (tertiary alicyclic amines) is 1. The van der Waals surface area contributed by atoms with Crippen molar-refractivity contribution >= 4 is 5.91 Å². The number of aliphatic hydroxyl groups is 1. The molecular weight excluding hydrogens is 180 g/mol. The van der Waals surface area contributed by atoms with Crippen molar-refractivity contribution in [3.05, 3.63) is 0 Å². The van der Waals surface area contributed by atoms with Crippen LogP contribution in [0.4, 0.5) is 0 Å². The molecule has 1 fully saturated rings. The van der Waals surface area contributed by atoms with E-state index < -0.39 is 6.04 Å². The van der Waals surface area contributed by atoms with E-state index in [-0.39, 0.29) is 23.8 Å². The predicted octanol–water partition coefficient (Wildman–Crippen LogP) is -0.189. The molecule has 4 heteroatoms. The van der Waals surface area contributed by atoms with E-state index in [4.69, 9.17) is 10.8 Å². The Bertz CT molecular complexity index is 217. The van der Waals surface area contributed by atoms with E-state index in [0.717, 1.165) is 0 Å². The predicted molar refractivity (Wildman–Crippen MR) is 54.6 cm³/mol. The van der Waals surface area contributed by atoms with Crippen LogP contribution in [0.3, 0.4) is 0 Å². The van der Waals surface area contributed by atoms with Crippen molar-refractivity contribution in [3.63, 3.8) is 0 Å². The van der Waals surface area contributed by atoms with Gasteiger partial charge >= 0.3 is 0 Å². The number of aliphatic hydroxyl groups excluding tert-OH is 1. The highest BCUT2D eigenvalue weighted by molar-refractivity contribution is 5.83. The second-order valence-corrected chi connectivity index (χ2v) is 5.14. The fourth-order valence-electron chi connectivity index (χ4n) is 1.43. The highest BCUT2D eigenvalue weighted by atomic mass is 16.3. The first kappa shape index (κ1) is 11.5. The van der Waals surface area contributed by atoms with Gasteiger partial charge in [0, 0.05) is 25.6 Å². The molecule has 0 unspecified atom stereocenters. The third-order valence-electron chi connectivity index (χ3n) is 2.73. The first-order valence-corrected chi connectivity index (χ1v) is 5.01. The molecule has 14 heavy (non-hydrogen) atoms. The first-order valence-electron chi connectivity index (χ1n) is 5.01. The van der Waals surface area contributed by atoms with E-state index in [1.807, 2.05) is 20.8 Å². The summed E-state index contributed by atoms with van der Waals surface area (Å²) in [6.45, 7) is 7.34. The van der Waals surface area contributed by atoms with Gasteiger partial charge < -0.3 is 15.7 Å². The lowest BCUT2D eigenvalue weighted by atomic mass is 9.85. The molecule has 82 valence electrons. The van der Waals surface area contributed by atoms with Crippen LogP contribution >= 0.6 is 0 Å². The van der Waals surface area contributed by atoms with Crippen molar-refractivity contribution in [2.24, 2.45) is 17.1 Å². The van der Waals surface area contributed by atoms with Gasteiger partial charge in [-0.25, -0.2) is 0 Å². The SMILES string of the molecule is CC(C)(C)[C@H](N)C(=O)N1CC(CO)C1. The average molecular weight is 200 g/mol. The Hall–Kier alpha value is -0.610. The molecule has 1 rings (SSSR count). The van der Waals surface area contributed by atoms with Crippen LogP contribution in [0.25, 0.3) is 0 Å². The van der Waals surface area contributed by atoms with Crippen molar-refractivity contribution in [2.75, 3.05) is 19.7 Å². The van der Waals surface area contributed by atoms with Crippen LogP contribution < -0.4 is 5.73 Å². The molecular formula is C10H20N2O2. The third-order valence-corrected chi connectivity index (χ3v) is 2.73. The maximum atomic E-state index is 11.8. The third kappa shape index (κ3) is 2.25. The molecule has 0 saturated carbocycles. The highest BCUT2D eigenvalue weighted by Crippen LogP contribution is 2.23. The Balaban J connectivity index is 2.44. The number of nitrogens with zero attached hydrogens (tertiary/aromatic N) is 1. The van der Waals surface area contributed by atoms with Gasteiger partial charge in [-0.3, -0.25) is 4.79 Å². The van der Waals surface area contributed by atoms with E-state index in [1.165, 1.54) is 0 Å². The molecule has 0 spiro atoms. The lowest BCUT2D eigenvalue weighted by Crippen LogP contribution is -2.58. The molecule has 3 N–H and O–H groups in total. The first-order chi connectivity index (χ1) is 6.36. The smallest absolute Gasteiger partial charge is 0.240 e. The normalized spacial score (nSPS) is 20.5. The van der Waals surface area contributed by atoms with Crippen LogP contribution in [-0.4, -0.2) is 41.7 Å². The largest absolute Gasteiger partial charge is 0.396 e. The van der Waals surface area contributed by atoms with Crippen molar-refractivity contribution in [2.45, 2.75) is 26.8 Å². The summed E-state index contributed by atoms with van der Waals surface area (Å²) in [6.07, 6.45) is 0. The van der Waals surface area contributed by atoms with Crippen molar-refractivity contribution < 1.29 is 9.90 Å². The summed E-state index contributed by atoms with van der Waals surface area (Å²) in [4.78, 5) is 13.5. The van der Waals surface area contributed by atoms with Gasteiger partial charge in [0.05, 0.1) is 6.04 Å². The lowest BCUT2D eigenvalue weighted by molar-refractivity contribution is -0.142. The van der Waals surface area contributed by atoms with Gasteiger partial charge in [-0.05, 0) is 5.41 Å². The van der Waals surface area contributed by atoms with Crippen LogP contribution in [0.1, 0.15) is 20.8 Å². The van der Waals surface area contributed by atoms with Crippen LogP contribution in [0.15, 0.2) is 0 Å². The highest BCUT2D eigenvalue weighted by Gasteiger charge is 2.36. The molecule has 0 aromatic heterocycles. The fraction of sp³-hybridized carbons (Fsp3) is 0.900. The summed E-state index contributed by atoms with van der Waals surface area (Å²) in [7, 11) is 0. The minimum absolute atomic E-state index is 0.00204. The summed E-state index contributed by atoms with van der Waals surface area (Å²) < 4.78 is 0. The lowest BCUT2D eigenvalue weighted by Gasteiger charge is -2.41. The number of hydrogen-bond acceptors (Lipinski definition) is 3. The summed E-state index contributed by atoms with van der Waals surface area (Å²) in [5.74, 6) is 0.258. The van der Waals surface area contributed by atoms with Gasteiger partial charge in [-0.1, -0.05) is 20.8 Å². The van der Waals surface area contributed by atoms with Crippen LogP contribution in [-0.2, 0) is 4.79 Å². The Kier molecular flexibility index (Phi) is 3.17. The number of amides is 1.